The van der Waals surface area contributed by atoms with Gasteiger partial charge in [0.25, 0.3) is 0 Å². The highest BCUT2D eigenvalue weighted by Gasteiger charge is 2.20. The van der Waals surface area contributed by atoms with Crippen LogP contribution in [-0.2, 0) is 9.47 Å². The number of hydrogen-bond donors (Lipinski definition) is 1. The van der Waals surface area contributed by atoms with Crippen LogP contribution in [0.4, 0.5) is 0 Å². The third-order valence-electron chi connectivity index (χ3n) is 2.89. The van der Waals surface area contributed by atoms with Gasteiger partial charge in [-0.25, -0.2) is 0 Å². The predicted molar refractivity (Wildman–Crippen MR) is 66.8 cm³/mol. The molecule has 1 heterocycles. The van der Waals surface area contributed by atoms with Crippen molar-refractivity contribution in [2.45, 2.75) is 64.7 Å². The molecule has 0 aromatic heterocycles. The molecule has 0 aromatic rings. The highest BCUT2D eigenvalue weighted by molar-refractivity contribution is 4.75. The highest BCUT2D eigenvalue weighted by atomic mass is 16.5. The maximum atomic E-state index is 5.69. The summed E-state index contributed by atoms with van der Waals surface area (Å²) in [6, 6.07) is 0.449. The molecule has 3 nitrogen and oxygen atoms in total. The lowest BCUT2D eigenvalue weighted by atomic mass is 10.1. The van der Waals surface area contributed by atoms with Crippen molar-refractivity contribution in [1.82, 2.24) is 5.32 Å². The molecule has 0 saturated carbocycles. The average Bonchev–Trinajstić information content (AvgIpc) is 2.74. The quantitative estimate of drug-likeness (QED) is 0.693. The van der Waals surface area contributed by atoms with Crippen LogP contribution in [0.2, 0.25) is 0 Å². The minimum atomic E-state index is 0.315. The maximum Gasteiger partial charge on any atom is 0.0624 e. The molecule has 0 radical (unpaired) electrons. The zero-order chi connectivity index (χ0) is 11.8. The summed E-state index contributed by atoms with van der Waals surface area (Å²) in [6.45, 7) is 9.18. The summed E-state index contributed by atoms with van der Waals surface area (Å²) in [4.78, 5) is 0. The lowest BCUT2D eigenvalue weighted by Crippen LogP contribution is -2.37. The van der Waals surface area contributed by atoms with Gasteiger partial charge in [0.15, 0.2) is 0 Å². The van der Waals surface area contributed by atoms with E-state index in [0.717, 1.165) is 26.2 Å². The molecular formula is C13H27NO2. The average molecular weight is 229 g/mol. The van der Waals surface area contributed by atoms with Crippen molar-refractivity contribution < 1.29 is 9.47 Å². The van der Waals surface area contributed by atoms with Crippen LogP contribution in [0.25, 0.3) is 0 Å². The number of nitrogens with one attached hydrogen (secondary N) is 1. The molecule has 1 fully saturated rings. The minimum absolute atomic E-state index is 0.315. The Balaban J connectivity index is 2.24. The van der Waals surface area contributed by atoms with Crippen LogP contribution in [0.5, 0.6) is 0 Å². The van der Waals surface area contributed by atoms with E-state index < -0.39 is 0 Å². The van der Waals surface area contributed by atoms with Gasteiger partial charge in [-0.3, -0.25) is 0 Å². The number of ether oxygens (including phenoxy) is 2. The molecule has 1 N–H and O–H groups in total. The second-order valence-electron chi connectivity index (χ2n) is 4.90. The first-order chi connectivity index (χ1) is 7.72. The van der Waals surface area contributed by atoms with Crippen LogP contribution in [0.15, 0.2) is 0 Å². The van der Waals surface area contributed by atoms with Crippen LogP contribution in [0.1, 0.15) is 46.5 Å². The Morgan fingerprint density at radius 2 is 2.25 bits per heavy atom. The second-order valence-corrected chi connectivity index (χ2v) is 4.90. The zero-order valence-electron chi connectivity index (χ0n) is 11.0. The molecule has 1 saturated heterocycles. The van der Waals surface area contributed by atoms with Gasteiger partial charge in [0.05, 0.1) is 18.8 Å². The first-order valence-corrected chi connectivity index (χ1v) is 6.69. The second kappa shape index (κ2) is 8.04. The normalized spacial score (nSPS) is 22.9. The van der Waals surface area contributed by atoms with Crippen LogP contribution < -0.4 is 5.32 Å². The van der Waals surface area contributed by atoms with Crippen LogP contribution in [0, 0.1) is 0 Å². The van der Waals surface area contributed by atoms with Gasteiger partial charge in [0.2, 0.25) is 0 Å². The summed E-state index contributed by atoms with van der Waals surface area (Å²) in [6.07, 6.45) is 5.46. The van der Waals surface area contributed by atoms with Crippen molar-refractivity contribution in [2.24, 2.45) is 0 Å². The van der Waals surface area contributed by atoms with Crippen LogP contribution >= 0.6 is 0 Å². The van der Waals surface area contributed by atoms with E-state index in [1.54, 1.807) is 0 Å². The molecule has 0 aromatic carbocycles. The molecule has 1 aliphatic heterocycles. The monoisotopic (exact) mass is 229 g/mol. The zero-order valence-corrected chi connectivity index (χ0v) is 11.0. The van der Waals surface area contributed by atoms with E-state index in [-0.39, 0.29) is 0 Å². The van der Waals surface area contributed by atoms with E-state index >= 15 is 0 Å². The molecule has 0 amide bonds. The Kier molecular flexibility index (Phi) is 7.01. The van der Waals surface area contributed by atoms with Crippen molar-refractivity contribution in [2.75, 3.05) is 19.8 Å². The molecule has 1 aliphatic rings. The topological polar surface area (TPSA) is 30.5 Å². The van der Waals surface area contributed by atoms with Gasteiger partial charge in [-0.1, -0.05) is 6.92 Å². The van der Waals surface area contributed by atoms with Gasteiger partial charge >= 0.3 is 0 Å². The molecule has 2 unspecified atom stereocenters. The third-order valence-corrected chi connectivity index (χ3v) is 2.89. The largest absolute Gasteiger partial charge is 0.378 e. The van der Waals surface area contributed by atoms with E-state index in [1.165, 1.54) is 19.3 Å². The SMILES string of the molecule is CCCNC(COC(C)C)CC1CCCO1. The summed E-state index contributed by atoms with van der Waals surface area (Å²) in [5.41, 5.74) is 0. The van der Waals surface area contributed by atoms with Gasteiger partial charge in [-0.2, -0.15) is 0 Å². The summed E-state index contributed by atoms with van der Waals surface area (Å²) < 4.78 is 11.4. The molecule has 0 bridgehead atoms. The molecule has 0 spiro atoms. The Morgan fingerprint density at radius 3 is 2.81 bits per heavy atom. The van der Waals surface area contributed by atoms with Gasteiger partial charge in [0.1, 0.15) is 0 Å². The van der Waals surface area contributed by atoms with Crippen LogP contribution in [-0.4, -0.2) is 38.0 Å². The fourth-order valence-corrected chi connectivity index (χ4v) is 2.01. The molecule has 16 heavy (non-hydrogen) atoms. The molecular weight excluding hydrogens is 202 g/mol. The van der Waals surface area contributed by atoms with Crippen molar-refractivity contribution in [1.29, 1.82) is 0 Å². The smallest absolute Gasteiger partial charge is 0.0624 e. The Morgan fingerprint density at radius 1 is 1.44 bits per heavy atom. The van der Waals surface area contributed by atoms with E-state index in [4.69, 9.17) is 9.47 Å². The third kappa shape index (κ3) is 5.83. The van der Waals surface area contributed by atoms with E-state index in [1.807, 2.05) is 0 Å². The number of hydrogen-bond acceptors (Lipinski definition) is 3. The van der Waals surface area contributed by atoms with Gasteiger partial charge in [-0.15, -0.1) is 0 Å². The minimum Gasteiger partial charge on any atom is -0.378 e. The van der Waals surface area contributed by atoms with Crippen LogP contribution in [0.3, 0.4) is 0 Å². The standard InChI is InChI=1S/C13H27NO2/c1-4-7-14-12(10-16-11(2)3)9-13-6-5-8-15-13/h11-14H,4-10H2,1-3H3. The molecule has 96 valence electrons. The van der Waals surface area contributed by atoms with Crippen molar-refractivity contribution in [3.8, 4) is 0 Å². The first kappa shape index (κ1) is 13.9. The van der Waals surface area contributed by atoms with Gasteiger partial charge in [-0.05, 0) is 46.1 Å². The Hall–Kier alpha value is -0.120. The highest BCUT2D eigenvalue weighted by Crippen LogP contribution is 2.17. The van der Waals surface area contributed by atoms with E-state index in [0.29, 0.717) is 18.2 Å². The first-order valence-electron chi connectivity index (χ1n) is 6.69. The van der Waals surface area contributed by atoms with E-state index in [9.17, 15) is 0 Å². The van der Waals surface area contributed by atoms with E-state index in [2.05, 4.69) is 26.1 Å². The fraction of sp³-hybridized carbons (Fsp3) is 1.00. The fourth-order valence-electron chi connectivity index (χ4n) is 2.01. The Bertz CT molecular complexity index is 167. The lowest BCUT2D eigenvalue weighted by Gasteiger charge is -2.22. The summed E-state index contributed by atoms with van der Waals surface area (Å²) in [7, 11) is 0. The Labute approximate surface area is 99.9 Å². The van der Waals surface area contributed by atoms with Crippen molar-refractivity contribution in [3.05, 3.63) is 0 Å². The van der Waals surface area contributed by atoms with Gasteiger partial charge in [0, 0.05) is 12.6 Å². The molecule has 2 atom stereocenters. The predicted octanol–water partition coefficient (Wildman–Crippen LogP) is 2.35. The summed E-state index contributed by atoms with van der Waals surface area (Å²) in [5.74, 6) is 0. The number of rotatable bonds is 8. The summed E-state index contributed by atoms with van der Waals surface area (Å²) in [5, 5.41) is 3.55. The van der Waals surface area contributed by atoms with Gasteiger partial charge < -0.3 is 14.8 Å². The maximum absolute atomic E-state index is 5.69. The molecule has 0 aliphatic carbocycles. The molecule has 1 rings (SSSR count). The lowest BCUT2D eigenvalue weighted by molar-refractivity contribution is 0.0381. The molecule has 3 heteroatoms. The van der Waals surface area contributed by atoms with Crippen molar-refractivity contribution in [3.63, 3.8) is 0 Å². The summed E-state index contributed by atoms with van der Waals surface area (Å²) >= 11 is 0. The van der Waals surface area contributed by atoms with Crippen molar-refractivity contribution >= 4 is 0 Å².